The van der Waals surface area contributed by atoms with E-state index in [1.165, 1.54) is 0 Å². The van der Waals surface area contributed by atoms with Gasteiger partial charge in [-0.3, -0.25) is 18.8 Å². The summed E-state index contributed by atoms with van der Waals surface area (Å²) >= 11 is 0. The maximum atomic E-state index is 4.05. The second kappa shape index (κ2) is 13.6. The fourth-order valence-electron chi connectivity index (χ4n) is 0.738. The molecule has 0 saturated heterocycles. The Kier molecular flexibility index (Phi) is 30.9. The fraction of sp³-hybridized carbons (Fsp3) is 0.500. The van der Waals surface area contributed by atoms with E-state index >= 15 is 0 Å². The van der Waals surface area contributed by atoms with Gasteiger partial charge in [0.25, 0.3) is 0 Å². The summed E-state index contributed by atoms with van der Waals surface area (Å²) in [7, 11) is 0. The molecule has 0 aromatic carbocycles. The summed E-state index contributed by atoms with van der Waals surface area (Å²) in [5.74, 6) is 1.09. The van der Waals surface area contributed by atoms with Crippen molar-refractivity contribution in [2.75, 3.05) is 0 Å². The van der Waals surface area contributed by atoms with Crippen LogP contribution >= 0.6 is 0 Å². The fourth-order valence-corrected chi connectivity index (χ4v) is 0.738. The summed E-state index contributed by atoms with van der Waals surface area (Å²) < 4.78 is 2.10. The Morgan fingerprint density at radius 3 is 1.85 bits per heavy atom. The number of rotatable bonds is 1. The van der Waals surface area contributed by atoms with Crippen LogP contribution in [0.15, 0.2) is 12.4 Å². The highest BCUT2D eigenvalue weighted by Crippen LogP contribution is 1.92. The first-order chi connectivity index (χ1) is 3.84. The van der Waals surface area contributed by atoms with Gasteiger partial charge >= 0.3 is 0 Å². The molecule has 0 aliphatic carbocycles. The van der Waals surface area contributed by atoms with E-state index < -0.39 is 0 Å². The van der Waals surface area contributed by atoms with Gasteiger partial charge in [-0.25, -0.2) is 4.98 Å². The largest absolute Gasteiger partial charge is 0.335 e. The normalized spacial score (nSPS) is 6.00. The van der Waals surface area contributed by atoms with Gasteiger partial charge in [-0.1, -0.05) is 0 Å². The molecular formula is C6H14BF4N2. The number of imidazole rings is 1. The Labute approximate surface area is 76.4 Å². The highest BCUT2D eigenvalue weighted by Gasteiger charge is 1.88. The molecule has 0 spiro atoms. The summed E-state index contributed by atoms with van der Waals surface area (Å²) in [6, 6.07) is 0. The third-order valence-electron chi connectivity index (χ3n) is 1.26. The Hall–Kier alpha value is -1.01. The van der Waals surface area contributed by atoms with Crippen LogP contribution in [0.25, 0.3) is 0 Å². The molecule has 0 fully saturated rings. The molecule has 1 heterocycles. The van der Waals surface area contributed by atoms with E-state index in [0.717, 1.165) is 12.4 Å². The monoisotopic (exact) mass is 201 g/mol. The first-order valence-electron chi connectivity index (χ1n) is 2.82. The number of nitrogens with zero attached hydrogens (tertiary/aromatic N) is 2. The van der Waals surface area contributed by atoms with Crippen molar-refractivity contribution in [1.29, 1.82) is 0 Å². The van der Waals surface area contributed by atoms with Crippen LogP contribution in [0.1, 0.15) is 12.7 Å². The van der Waals surface area contributed by atoms with E-state index in [0.29, 0.717) is 0 Å². The Bertz CT molecular complexity index is 183. The molecule has 1 aromatic heterocycles. The number of halogens is 4. The maximum Gasteiger partial charge on any atom is 0.105 e. The summed E-state index contributed by atoms with van der Waals surface area (Å²) in [6.45, 7) is 5.13. The zero-order valence-electron chi connectivity index (χ0n) is 7.47. The van der Waals surface area contributed by atoms with Crippen molar-refractivity contribution in [1.82, 2.24) is 9.55 Å². The molecule has 0 saturated carbocycles. The smallest absolute Gasteiger partial charge is 0.105 e. The third kappa shape index (κ3) is 7.36. The van der Waals surface area contributed by atoms with E-state index in [4.69, 9.17) is 0 Å². The number of hydrogen-bond donors (Lipinski definition) is 0. The molecular weight excluding hydrogens is 187 g/mol. The highest BCUT2D eigenvalue weighted by atomic mass is 19.0. The van der Waals surface area contributed by atoms with Gasteiger partial charge in [-0.2, -0.15) is 0 Å². The molecule has 0 aliphatic rings. The summed E-state index contributed by atoms with van der Waals surface area (Å²) in [5, 5.41) is 0. The number of aromatic nitrogens is 2. The van der Waals surface area contributed by atoms with Gasteiger partial charge in [0, 0.05) is 27.4 Å². The zero-order chi connectivity index (χ0) is 5.98. The SMILES string of the molecule is CCn1ccnc1C.F.F.F.F.[B]. The molecule has 7 heteroatoms. The number of aryl methyl sites for hydroxylation is 2. The van der Waals surface area contributed by atoms with E-state index in [2.05, 4.69) is 16.5 Å². The average molecular weight is 201 g/mol. The predicted molar refractivity (Wildman–Crippen MR) is 48.4 cm³/mol. The quantitative estimate of drug-likeness (QED) is 0.496. The van der Waals surface area contributed by atoms with Crippen LogP contribution in [-0.2, 0) is 6.54 Å². The van der Waals surface area contributed by atoms with E-state index in [1.807, 2.05) is 19.3 Å². The van der Waals surface area contributed by atoms with Crippen molar-refractivity contribution in [2.45, 2.75) is 20.4 Å². The molecule has 2 nitrogen and oxygen atoms in total. The van der Waals surface area contributed by atoms with Gasteiger partial charge in [0.1, 0.15) is 5.82 Å². The van der Waals surface area contributed by atoms with Crippen molar-refractivity contribution in [2.24, 2.45) is 0 Å². The van der Waals surface area contributed by atoms with Gasteiger partial charge in [0.2, 0.25) is 0 Å². The minimum absolute atomic E-state index is 0. The van der Waals surface area contributed by atoms with Crippen molar-refractivity contribution < 1.29 is 18.8 Å². The maximum absolute atomic E-state index is 4.05. The van der Waals surface area contributed by atoms with E-state index in [9.17, 15) is 0 Å². The van der Waals surface area contributed by atoms with Crippen molar-refractivity contribution in [3.8, 4) is 0 Å². The third-order valence-corrected chi connectivity index (χ3v) is 1.26. The van der Waals surface area contributed by atoms with Crippen LogP contribution in [0.4, 0.5) is 18.8 Å². The molecule has 1 rings (SSSR count). The van der Waals surface area contributed by atoms with Crippen LogP contribution in [0.5, 0.6) is 0 Å². The summed E-state index contributed by atoms with van der Waals surface area (Å²) in [5.41, 5.74) is 0. The van der Waals surface area contributed by atoms with Crippen LogP contribution in [0, 0.1) is 6.92 Å². The Balaban J connectivity index is -0.0000000427. The second-order valence-electron chi connectivity index (χ2n) is 1.76. The molecule has 13 heavy (non-hydrogen) atoms. The van der Waals surface area contributed by atoms with E-state index in [-0.39, 0.29) is 27.2 Å². The number of hydrogen-bond acceptors (Lipinski definition) is 1. The lowest BCUT2D eigenvalue weighted by molar-refractivity contribution is 0.730. The van der Waals surface area contributed by atoms with E-state index in [1.54, 1.807) is 0 Å². The molecule has 1 aromatic rings. The lowest BCUT2D eigenvalue weighted by Gasteiger charge is -1.95. The summed E-state index contributed by atoms with van der Waals surface area (Å²) in [6.07, 6.45) is 3.80. The molecule has 3 radical (unpaired) electrons. The van der Waals surface area contributed by atoms with Gasteiger partial charge in [-0.15, -0.1) is 0 Å². The van der Waals surface area contributed by atoms with Crippen LogP contribution in [0.3, 0.4) is 0 Å². The lowest BCUT2D eigenvalue weighted by Crippen LogP contribution is -1.93. The molecule has 0 amide bonds. The van der Waals surface area contributed by atoms with Crippen molar-refractivity contribution in [3.63, 3.8) is 0 Å². The van der Waals surface area contributed by atoms with Crippen LogP contribution in [-0.4, -0.2) is 18.0 Å². The first-order valence-corrected chi connectivity index (χ1v) is 2.82. The molecule has 79 valence electrons. The van der Waals surface area contributed by atoms with Gasteiger partial charge in [-0.05, 0) is 13.8 Å². The van der Waals surface area contributed by atoms with Gasteiger partial charge < -0.3 is 4.57 Å². The first kappa shape index (κ1) is 29.6. The topological polar surface area (TPSA) is 17.8 Å². The van der Waals surface area contributed by atoms with Gasteiger partial charge in [0.05, 0.1) is 0 Å². The van der Waals surface area contributed by atoms with Crippen molar-refractivity contribution in [3.05, 3.63) is 18.2 Å². The standard InChI is InChI=1S/C6H10N2.B.4FH/c1-3-8-5-4-7-6(8)2;;;;;/h4-5H,3H2,1-2H3;;4*1H. The molecule has 0 N–H and O–H groups in total. The summed E-state index contributed by atoms with van der Waals surface area (Å²) in [4.78, 5) is 4.05. The molecule has 0 aliphatic heterocycles. The second-order valence-corrected chi connectivity index (χ2v) is 1.76. The average Bonchev–Trinajstić information content (AvgIpc) is 2.14. The highest BCUT2D eigenvalue weighted by molar-refractivity contribution is 5.75. The lowest BCUT2D eigenvalue weighted by atomic mass is 10.6. The molecule has 0 bridgehead atoms. The van der Waals surface area contributed by atoms with Crippen LogP contribution in [0.2, 0.25) is 0 Å². The van der Waals surface area contributed by atoms with Gasteiger partial charge in [0.15, 0.2) is 0 Å². The molecule has 0 unspecified atom stereocenters. The van der Waals surface area contributed by atoms with Crippen molar-refractivity contribution >= 4 is 8.41 Å². The zero-order valence-corrected chi connectivity index (χ0v) is 7.47. The Morgan fingerprint density at radius 2 is 1.69 bits per heavy atom. The minimum atomic E-state index is 0. The predicted octanol–water partition coefficient (Wildman–Crippen LogP) is 1.44. The Morgan fingerprint density at radius 1 is 1.23 bits per heavy atom. The molecule has 0 atom stereocenters. The minimum Gasteiger partial charge on any atom is -0.335 e. The van der Waals surface area contributed by atoms with Crippen LogP contribution < -0.4 is 0 Å².